The molecule has 0 spiro atoms. The van der Waals surface area contributed by atoms with E-state index in [4.69, 9.17) is 4.74 Å². The van der Waals surface area contributed by atoms with Gasteiger partial charge >= 0.3 is 5.69 Å². The molecule has 6 nitrogen and oxygen atoms in total. The van der Waals surface area contributed by atoms with Gasteiger partial charge in [0.2, 0.25) is 0 Å². The molecule has 1 aliphatic carbocycles. The lowest BCUT2D eigenvalue weighted by molar-refractivity contribution is -0.385. The van der Waals surface area contributed by atoms with Gasteiger partial charge in [0.25, 0.3) is 0 Å². The number of ether oxygens (including phenoxy) is 1. The Morgan fingerprint density at radius 1 is 1.43 bits per heavy atom. The topological polar surface area (TPSA) is 75.8 Å². The van der Waals surface area contributed by atoms with Gasteiger partial charge in [-0.15, -0.1) is 0 Å². The average Bonchev–Trinajstić information content (AvgIpc) is 2.98. The molecular weight excluding hydrogens is 272 g/mol. The van der Waals surface area contributed by atoms with Crippen LogP contribution in [0.15, 0.2) is 18.2 Å². The number of nitro benzene ring substituents is 1. The van der Waals surface area contributed by atoms with Crippen LogP contribution >= 0.6 is 0 Å². The average molecular weight is 294 g/mol. The maximum Gasteiger partial charge on any atom is 0.311 e. The predicted molar refractivity (Wildman–Crippen MR) is 81.0 cm³/mol. The Bertz CT molecular complexity index is 487. The smallest absolute Gasteiger partial charge is 0.311 e. The van der Waals surface area contributed by atoms with Gasteiger partial charge in [0.15, 0.2) is 5.75 Å². The summed E-state index contributed by atoms with van der Waals surface area (Å²) in [5, 5.41) is 20.3. The van der Waals surface area contributed by atoms with Gasteiger partial charge in [0.05, 0.1) is 18.1 Å². The van der Waals surface area contributed by atoms with Crippen molar-refractivity contribution in [2.45, 2.75) is 38.6 Å². The molecule has 1 saturated carbocycles. The van der Waals surface area contributed by atoms with Gasteiger partial charge in [0.1, 0.15) is 0 Å². The van der Waals surface area contributed by atoms with Crippen molar-refractivity contribution in [1.82, 2.24) is 0 Å². The molecule has 0 saturated heterocycles. The molecule has 0 aromatic heterocycles. The zero-order valence-electron chi connectivity index (χ0n) is 12.3. The molecule has 2 rings (SSSR count). The van der Waals surface area contributed by atoms with Crippen molar-refractivity contribution in [2.24, 2.45) is 0 Å². The second kappa shape index (κ2) is 7.26. The van der Waals surface area contributed by atoms with Crippen LogP contribution in [-0.2, 0) is 0 Å². The minimum Gasteiger partial charge on any atom is -0.487 e. The van der Waals surface area contributed by atoms with Crippen molar-refractivity contribution in [3.8, 4) is 5.75 Å². The fourth-order valence-corrected chi connectivity index (χ4v) is 2.95. The van der Waals surface area contributed by atoms with E-state index in [2.05, 4.69) is 4.90 Å². The number of hydrogen-bond donors (Lipinski definition) is 1. The summed E-state index contributed by atoms with van der Waals surface area (Å²) in [6.07, 6.45) is 4.58. The summed E-state index contributed by atoms with van der Waals surface area (Å²) in [6, 6.07) is 5.34. The van der Waals surface area contributed by atoms with E-state index in [1.807, 2.05) is 0 Å². The summed E-state index contributed by atoms with van der Waals surface area (Å²) in [7, 11) is 0. The second-order valence-corrected chi connectivity index (χ2v) is 5.20. The van der Waals surface area contributed by atoms with E-state index >= 15 is 0 Å². The first-order valence-corrected chi connectivity index (χ1v) is 7.46. The number of rotatable bonds is 7. The van der Waals surface area contributed by atoms with Crippen LogP contribution in [0.4, 0.5) is 11.4 Å². The molecule has 6 heteroatoms. The number of aliphatic hydroxyl groups excluding tert-OH is 1. The van der Waals surface area contributed by atoms with Crippen molar-refractivity contribution in [3.63, 3.8) is 0 Å². The molecule has 1 N–H and O–H groups in total. The van der Waals surface area contributed by atoms with Gasteiger partial charge in [0, 0.05) is 30.4 Å². The number of hydrogen-bond acceptors (Lipinski definition) is 5. The van der Waals surface area contributed by atoms with E-state index in [0.717, 1.165) is 18.5 Å². The fraction of sp³-hybridized carbons (Fsp3) is 0.600. The van der Waals surface area contributed by atoms with Gasteiger partial charge in [-0.1, -0.05) is 12.8 Å². The third-order valence-electron chi connectivity index (χ3n) is 3.88. The highest BCUT2D eigenvalue weighted by Crippen LogP contribution is 2.34. The molecule has 1 fully saturated rings. The summed E-state index contributed by atoms with van der Waals surface area (Å²) in [5.41, 5.74) is 0.862. The zero-order valence-corrected chi connectivity index (χ0v) is 12.3. The molecule has 0 unspecified atom stereocenters. The van der Waals surface area contributed by atoms with E-state index in [1.165, 1.54) is 18.9 Å². The van der Waals surface area contributed by atoms with Crippen LogP contribution in [0.2, 0.25) is 0 Å². The third kappa shape index (κ3) is 3.64. The number of nitrogens with zero attached hydrogens (tertiary/aromatic N) is 2. The van der Waals surface area contributed by atoms with Crippen molar-refractivity contribution >= 4 is 11.4 Å². The van der Waals surface area contributed by atoms with E-state index in [1.54, 1.807) is 19.1 Å². The van der Waals surface area contributed by atoms with E-state index in [-0.39, 0.29) is 12.3 Å². The first kappa shape index (κ1) is 15.6. The molecule has 0 radical (unpaired) electrons. The Morgan fingerprint density at radius 2 is 2.14 bits per heavy atom. The minimum atomic E-state index is -0.430. The molecule has 0 atom stereocenters. The number of benzene rings is 1. The van der Waals surface area contributed by atoms with Gasteiger partial charge in [-0.2, -0.15) is 0 Å². The first-order chi connectivity index (χ1) is 10.2. The number of anilines is 1. The van der Waals surface area contributed by atoms with Crippen molar-refractivity contribution < 1.29 is 14.8 Å². The molecule has 1 aromatic carbocycles. The lowest BCUT2D eigenvalue weighted by Gasteiger charge is -2.30. The molecule has 0 aliphatic heterocycles. The Kier molecular flexibility index (Phi) is 5.38. The summed E-state index contributed by atoms with van der Waals surface area (Å²) in [6.45, 7) is 2.79. The number of nitro groups is 1. The molecule has 0 amide bonds. The highest BCUT2D eigenvalue weighted by Gasteiger charge is 2.24. The Balaban J connectivity index is 2.31. The molecular formula is C15H22N2O4. The Morgan fingerprint density at radius 3 is 2.71 bits per heavy atom. The lowest BCUT2D eigenvalue weighted by atomic mass is 10.1. The van der Waals surface area contributed by atoms with Gasteiger partial charge in [-0.25, -0.2) is 0 Å². The highest BCUT2D eigenvalue weighted by atomic mass is 16.6. The molecule has 21 heavy (non-hydrogen) atoms. The fourth-order valence-electron chi connectivity index (χ4n) is 2.95. The van der Waals surface area contributed by atoms with Crippen molar-refractivity contribution in [1.29, 1.82) is 0 Å². The monoisotopic (exact) mass is 294 g/mol. The molecule has 0 heterocycles. The third-order valence-corrected chi connectivity index (χ3v) is 3.88. The van der Waals surface area contributed by atoms with Gasteiger partial charge in [-0.05, 0) is 25.8 Å². The first-order valence-electron chi connectivity index (χ1n) is 7.46. The van der Waals surface area contributed by atoms with E-state index < -0.39 is 4.92 Å². The van der Waals surface area contributed by atoms with Crippen molar-refractivity contribution in [2.75, 3.05) is 24.7 Å². The van der Waals surface area contributed by atoms with E-state index in [0.29, 0.717) is 24.9 Å². The Labute approximate surface area is 124 Å². The second-order valence-electron chi connectivity index (χ2n) is 5.20. The lowest BCUT2D eigenvalue weighted by Crippen LogP contribution is -2.35. The molecule has 1 aliphatic rings. The number of aliphatic hydroxyl groups is 1. The highest BCUT2D eigenvalue weighted by molar-refractivity contribution is 5.59. The molecule has 0 bridgehead atoms. The van der Waals surface area contributed by atoms with Crippen LogP contribution in [0.3, 0.4) is 0 Å². The van der Waals surface area contributed by atoms with Crippen molar-refractivity contribution in [3.05, 3.63) is 28.3 Å². The van der Waals surface area contributed by atoms with Crippen LogP contribution in [0.5, 0.6) is 5.75 Å². The molecule has 1 aromatic rings. The summed E-state index contributed by atoms with van der Waals surface area (Å²) >= 11 is 0. The standard InChI is InChI=1S/C15H22N2O4/c1-2-21-15-11-13(7-8-14(15)17(19)20)16(9-10-18)12-5-3-4-6-12/h7-8,11-12,18H,2-6,9-10H2,1H3. The maximum absolute atomic E-state index is 11.0. The summed E-state index contributed by atoms with van der Waals surface area (Å²) in [5.74, 6) is 0.293. The summed E-state index contributed by atoms with van der Waals surface area (Å²) < 4.78 is 5.40. The van der Waals surface area contributed by atoms with E-state index in [9.17, 15) is 15.2 Å². The van der Waals surface area contributed by atoms with Crippen LogP contribution in [0.25, 0.3) is 0 Å². The normalized spacial score (nSPS) is 15.1. The van der Waals surface area contributed by atoms with Crippen LogP contribution in [0, 0.1) is 10.1 Å². The Hall–Kier alpha value is -1.82. The zero-order chi connectivity index (χ0) is 15.2. The molecule has 116 valence electrons. The SMILES string of the molecule is CCOc1cc(N(CCO)C2CCCC2)ccc1[N+](=O)[O-]. The van der Waals surface area contributed by atoms with Gasteiger partial charge < -0.3 is 14.7 Å². The van der Waals surface area contributed by atoms with Crippen LogP contribution in [-0.4, -0.2) is 35.8 Å². The van der Waals surface area contributed by atoms with Gasteiger partial charge in [-0.3, -0.25) is 10.1 Å². The van der Waals surface area contributed by atoms with Crippen LogP contribution < -0.4 is 9.64 Å². The quantitative estimate of drug-likeness (QED) is 0.618. The van der Waals surface area contributed by atoms with Crippen LogP contribution in [0.1, 0.15) is 32.6 Å². The largest absolute Gasteiger partial charge is 0.487 e. The summed E-state index contributed by atoms with van der Waals surface area (Å²) in [4.78, 5) is 12.7. The minimum absolute atomic E-state index is 0.0176. The predicted octanol–water partition coefficient (Wildman–Crippen LogP) is 2.73. The maximum atomic E-state index is 11.0.